The Labute approximate surface area is 77.4 Å². The molecular formula is C8H12ClFN2. The Morgan fingerprint density at radius 2 is 2.33 bits per heavy atom. The third kappa shape index (κ3) is 2.43. The zero-order valence-corrected chi connectivity index (χ0v) is 7.64. The van der Waals surface area contributed by atoms with Crippen LogP contribution in [0.3, 0.4) is 0 Å². The van der Waals surface area contributed by atoms with Crippen molar-refractivity contribution in [2.24, 2.45) is 5.73 Å². The monoisotopic (exact) mass is 190 g/mol. The predicted octanol–water partition coefficient (Wildman–Crippen LogP) is 2.05. The highest BCUT2D eigenvalue weighted by Gasteiger charge is 2.08. The van der Waals surface area contributed by atoms with Crippen LogP contribution in [0.1, 0.15) is 25.1 Å². The van der Waals surface area contributed by atoms with Gasteiger partial charge >= 0.3 is 0 Å². The fourth-order valence-electron chi connectivity index (χ4n) is 0.864. The molecule has 0 aliphatic carbocycles. The van der Waals surface area contributed by atoms with E-state index >= 15 is 0 Å². The molecule has 1 aromatic rings. The maximum atomic E-state index is 12.9. The quantitative estimate of drug-likeness (QED) is 0.776. The number of nitrogens with two attached hydrogens (primary N) is 1. The Morgan fingerprint density at radius 3 is 2.83 bits per heavy atom. The maximum Gasteiger partial charge on any atom is 0.146 e. The molecule has 0 bridgehead atoms. The Bertz CT molecular complexity index is 242. The van der Waals surface area contributed by atoms with E-state index in [4.69, 9.17) is 5.73 Å². The highest BCUT2D eigenvalue weighted by molar-refractivity contribution is 5.85. The van der Waals surface area contributed by atoms with Gasteiger partial charge in [-0.05, 0) is 18.6 Å². The van der Waals surface area contributed by atoms with Crippen molar-refractivity contribution in [2.75, 3.05) is 0 Å². The van der Waals surface area contributed by atoms with Crippen molar-refractivity contribution in [3.63, 3.8) is 0 Å². The molecule has 0 aromatic carbocycles. The fourth-order valence-corrected chi connectivity index (χ4v) is 0.864. The number of hydrogen-bond donors (Lipinski definition) is 1. The summed E-state index contributed by atoms with van der Waals surface area (Å²) in [6, 6.07) is 2.65. The Hall–Kier alpha value is -0.670. The van der Waals surface area contributed by atoms with Crippen molar-refractivity contribution >= 4 is 12.4 Å². The van der Waals surface area contributed by atoms with Gasteiger partial charge in [0.1, 0.15) is 5.82 Å². The molecule has 1 heterocycles. The van der Waals surface area contributed by atoms with Crippen LogP contribution in [-0.2, 0) is 0 Å². The molecule has 0 radical (unpaired) electrons. The van der Waals surface area contributed by atoms with E-state index in [9.17, 15) is 4.39 Å². The topological polar surface area (TPSA) is 38.9 Å². The number of halogens is 2. The van der Waals surface area contributed by atoms with Crippen LogP contribution in [0.4, 0.5) is 4.39 Å². The summed E-state index contributed by atoms with van der Waals surface area (Å²) in [6.45, 7) is 1.90. The average Bonchev–Trinajstić information content (AvgIpc) is 2.04. The van der Waals surface area contributed by atoms with Crippen LogP contribution in [-0.4, -0.2) is 4.98 Å². The van der Waals surface area contributed by atoms with Crippen LogP contribution < -0.4 is 5.73 Å². The fraction of sp³-hybridized carbons (Fsp3) is 0.375. The number of rotatable bonds is 2. The molecule has 0 unspecified atom stereocenters. The van der Waals surface area contributed by atoms with Gasteiger partial charge in [-0.15, -0.1) is 12.4 Å². The standard InChI is InChI=1S/C8H11FN2.ClH/c1-2-7(10)8-6(9)4-3-5-11-8;/h3-5,7H,2,10H2,1H3;1H/t7-;/m1./s1. The van der Waals surface area contributed by atoms with Crippen LogP contribution in [0.15, 0.2) is 18.3 Å². The van der Waals surface area contributed by atoms with E-state index in [1.165, 1.54) is 6.07 Å². The first kappa shape index (κ1) is 11.3. The lowest BCUT2D eigenvalue weighted by atomic mass is 10.1. The number of hydrogen-bond acceptors (Lipinski definition) is 2. The lowest BCUT2D eigenvalue weighted by molar-refractivity contribution is 0.558. The molecule has 0 aliphatic rings. The van der Waals surface area contributed by atoms with Gasteiger partial charge in [0.05, 0.1) is 5.69 Å². The van der Waals surface area contributed by atoms with Crippen LogP contribution in [0.25, 0.3) is 0 Å². The maximum absolute atomic E-state index is 12.9. The van der Waals surface area contributed by atoms with Crippen molar-refractivity contribution in [3.05, 3.63) is 29.8 Å². The molecule has 1 aromatic heterocycles. The van der Waals surface area contributed by atoms with Gasteiger partial charge < -0.3 is 5.73 Å². The largest absolute Gasteiger partial charge is 0.323 e. The molecule has 1 atom stereocenters. The van der Waals surface area contributed by atoms with Crippen molar-refractivity contribution in [3.8, 4) is 0 Å². The van der Waals surface area contributed by atoms with Crippen LogP contribution in [0.2, 0.25) is 0 Å². The van der Waals surface area contributed by atoms with E-state index < -0.39 is 0 Å². The van der Waals surface area contributed by atoms with Crippen molar-refractivity contribution in [1.82, 2.24) is 4.98 Å². The molecule has 12 heavy (non-hydrogen) atoms. The molecular weight excluding hydrogens is 179 g/mol. The summed E-state index contributed by atoms with van der Waals surface area (Å²) in [6.07, 6.45) is 2.25. The van der Waals surface area contributed by atoms with Gasteiger partial charge in [0.2, 0.25) is 0 Å². The van der Waals surface area contributed by atoms with Crippen LogP contribution >= 0.6 is 12.4 Å². The minimum atomic E-state index is -0.318. The molecule has 0 amide bonds. The zero-order chi connectivity index (χ0) is 8.27. The second-order valence-corrected chi connectivity index (χ2v) is 2.39. The van der Waals surface area contributed by atoms with Crippen LogP contribution in [0.5, 0.6) is 0 Å². The smallest absolute Gasteiger partial charge is 0.146 e. The first-order chi connectivity index (χ1) is 5.25. The molecule has 4 heteroatoms. The molecule has 0 spiro atoms. The molecule has 68 valence electrons. The van der Waals surface area contributed by atoms with Crippen molar-refractivity contribution in [1.29, 1.82) is 0 Å². The van der Waals surface area contributed by atoms with E-state index in [1.54, 1.807) is 12.3 Å². The SMILES string of the molecule is CC[C@@H](N)c1ncccc1F.Cl. The minimum absolute atomic E-state index is 0. The third-order valence-electron chi connectivity index (χ3n) is 1.58. The second kappa shape index (κ2) is 5.06. The number of pyridine rings is 1. The van der Waals surface area contributed by atoms with E-state index in [-0.39, 0.29) is 24.3 Å². The lowest BCUT2D eigenvalue weighted by Crippen LogP contribution is -2.12. The first-order valence-corrected chi connectivity index (χ1v) is 3.61. The highest BCUT2D eigenvalue weighted by atomic mass is 35.5. The van der Waals surface area contributed by atoms with E-state index in [0.29, 0.717) is 12.1 Å². The van der Waals surface area contributed by atoms with Gasteiger partial charge in [-0.1, -0.05) is 6.92 Å². The number of aromatic nitrogens is 1. The first-order valence-electron chi connectivity index (χ1n) is 3.61. The second-order valence-electron chi connectivity index (χ2n) is 2.39. The van der Waals surface area contributed by atoms with Gasteiger partial charge in [-0.2, -0.15) is 0 Å². The van der Waals surface area contributed by atoms with Crippen molar-refractivity contribution < 1.29 is 4.39 Å². The molecule has 0 fully saturated rings. The van der Waals surface area contributed by atoms with Gasteiger partial charge in [0.25, 0.3) is 0 Å². The lowest BCUT2D eigenvalue weighted by Gasteiger charge is -2.07. The molecule has 0 saturated carbocycles. The summed E-state index contributed by atoms with van der Waals surface area (Å²) in [4.78, 5) is 3.85. The Balaban J connectivity index is 0.00000121. The van der Waals surface area contributed by atoms with Gasteiger partial charge in [-0.25, -0.2) is 4.39 Å². The number of nitrogens with zero attached hydrogens (tertiary/aromatic N) is 1. The van der Waals surface area contributed by atoms with E-state index in [2.05, 4.69) is 4.98 Å². The Morgan fingerprint density at radius 1 is 1.67 bits per heavy atom. The summed E-state index contributed by atoms with van der Waals surface area (Å²) in [5.74, 6) is -0.318. The third-order valence-corrected chi connectivity index (χ3v) is 1.58. The normalized spacial score (nSPS) is 11.9. The van der Waals surface area contributed by atoms with Gasteiger partial charge in [-0.3, -0.25) is 4.98 Å². The van der Waals surface area contributed by atoms with Gasteiger partial charge in [0, 0.05) is 12.2 Å². The summed E-state index contributed by atoms with van der Waals surface area (Å²) in [5, 5.41) is 0. The highest BCUT2D eigenvalue weighted by Crippen LogP contribution is 2.13. The Kier molecular flexibility index (Phi) is 4.78. The zero-order valence-electron chi connectivity index (χ0n) is 6.83. The van der Waals surface area contributed by atoms with Crippen molar-refractivity contribution in [2.45, 2.75) is 19.4 Å². The van der Waals surface area contributed by atoms with E-state index in [1.807, 2.05) is 6.92 Å². The molecule has 0 saturated heterocycles. The average molecular weight is 191 g/mol. The molecule has 0 aliphatic heterocycles. The summed E-state index contributed by atoms with van der Waals surface area (Å²) < 4.78 is 12.9. The van der Waals surface area contributed by atoms with Crippen LogP contribution in [0, 0.1) is 5.82 Å². The van der Waals surface area contributed by atoms with Gasteiger partial charge in [0.15, 0.2) is 0 Å². The summed E-state index contributed by atoms with van der Waals surface area (Å²) >= 11 is 0. The predicted molar refractivity (Wildman–Crippen MR) is 48.7 cm³/mol. The molecule has 2 N–H and O–H groups in total. The molecule has 1 rings (SSSR count). The molecule has 2 nitrogen and oxygen atoms in total. The van der Waals surface area contributed by atoms with E-state index in [0.717, 1.165) is 0 Å². The minimum Gasteiger partial charge on any atom is -0.323 e. The summed E-state index contributed by atoms with van der Waals surface area (Å²) in [7, 11) is 0. The summed E-state index contributed by atoms with van der Waals surface area (Å²) in [5.41, 5.74) is 5.95.